The van der Waals surface area contributed by atoms with Crippen molar-refractivity contribution in [2.24, 2.45) is 5.92 Å². The molecule has 1 amide bonds. The number of carbonyl (C=O) groups is 1. The molecule has 2 fully saturated rings. The molecule has 1 saturated carbocycles. The molecule has 3 aromatic heterocycles. The minimum absolute atomic E-state index is 0.111. The Labute approximate surface area is 174 Å². The van der Waals surface area contributed by atoms with E-state index < -0.39 is 11.9 Å². The van der Waals surface area contributed by atoms with Gasteiger partial charge in [0.05, 0.1) is 36.4 Å². The number of hydrogen-bond acceptors (Lipinski definition) is 7. The number of anilines is 1. The van der Waals surface area contributed by atoms with Crippen LogP contribution in [-0.2, 0) is 6.18 Å². The summed E-state index contributed by atoms with van der Waals surface area (Å²) in [5, 5.41) is 11.3. The maximum Gasteiger partial charge on any atom is 0.434 e. The highest BCUT2D eigenvalue weighted by Gasteiger charge is 2.47. The maximum absolute atomic E-state index is 13.3. The van der Waals surface area contributed by atoms with Gasteiger partial charge < -0.3 is 10.2 Å². The van der Waals surface area contributed by atoms with Crippen molar-refractivity contribution in [1.82, 2.24) is 34.8 Å². The number of rotatable bonds is 4. The lowest BCUT2D eigenvalue weighted by molar-refractivity contribution is -0.141. The van der Waals surface area contributed by atoms with Crippen LogP contribution in [0.25, 0.3) is 5.82 Å². The predicted molar refractivity (Wildman–Crippen MR) is 101 cm³/mol. The van der Waals surface area contributed by atoms with Gasteiger partial charge in [-0.05, 0) is 30.9 Å². The number of pyridine rings is 1. The van der Waals surface area contributed by atoms with Gasteiger partial charge in [0, 0.05) is 18.8 Å². The van der Waals surface area contributed by atoms with Crippen molar-refractivity contribution in [3.63, 3.8) is 0 Å². The van der Waals surface area contributed by atoms with E-state index in [2.05, 4.69) is 30.5 Å². The molecule has 160 valence electrons. The van der Waals surface area contributed by atoms with E-state index in [9.17, 15) is 18.0 Å². The molecule has 3 atom stereocenters. The summed E-state index contributed by atoms with van der Waals surface area (Å²) >= 11 is 0. The summed E-state index contributed by atoms with van der Waals surface area (Å²) < 4.78 is 38.1. The SMILES string of the molecule is O=C(c1cccnc1-n1nccn1)N1C[C@@H]2C[C@@H](Nc3cnc(C(F)(F)F)cn3)[C@@H]1C2. The van der Waals surface area contributed by atoms with Gasteiger partial charge in [-0.25, -0.2) is 15.0 Å². The summed E-state index contributed by atoms with van der Waals surface area (Å²) in [5.41, 5.74) is -0.654. The summed E-state index contributed by atoms with van der Waals surface area (Å²) in [4.78, 5) is 28.0. The quantitative estimate of drug-likeness (QED) is 0.677. The van der Waals surface area contributed by atoms with Gasteiger partial charge in [0.2, 0.25) is 0 Å². The van der Waals surface area contributed by atoms with E-state index in [-0.39, 0.29) is 23.8 Å². The third kappa shape index (κ3) is 3.57. The zero-order chi connectivity index (χ0) is 21.6. The van der Waals surface area contributed by atoms with Crippen LogP contribution in [0.3, 0.4) is 0 Å². The van der Waals surface area contributed by atoms with E-state index in [0.29, 0.717) is 30.0 Å². The molecule has 1 aliphatic carbocycles. The molecule has 2 aliphatic rings. The van der Waals surface area contributed by atoms with E-state index in [1.54, 1.807) is 23.2 Å². The van der Waals surface area contributed by atoms with E-state index in [1.165, 1.54) is 17.2 Å². The maximum atomic E-state index is 13.3. The third-order valence-corrected chi connectivity index (χ3v) is 5.64. The van der Waals surface area contributed by atoms with Crippen LogP contribution in [-0.4, -0.2) is 59.4 Å². The highest BCUT2D eigenvalue weighted by Crippen LogP contribution is 2.40. The molecule has 0 spiro atoms. The van der Waals surface area contributed by atoms with E-state index in [0.717, 1.165) is 19.0 Å². The minimum Gasteiger partial charge on any atom is -0.364 e. The number of nitrogens with one attached hydrogen (secondary N) is 1. The Hall–Kier alpha value is -3.57. The van der Waals surface area contributed by atoms with Crippen molar-refractivity contribution >= 4 is 11.7 Å². The average Bonchev–Trinajstić information content (AvgIpc) is 3.50. The van der Waals surface area contributed by atoms with Crippen molar-refractivity contribution in [2.75, 3.05) is 11.9 Å². The van der Waals surface area contributed by atoms with E-state index >= 15 is 0 Å². The summed E-state index contributed by atoms with van der Waals surface area (Å²) in [6.45, 7) is 0.612. The molecule has 0 unspecified atom stereocenters. The zero-order valence-electron chi connectivity index (χ0n) is 16.1. The normalized spacial score (nSPS) is 22.7. The van der Waals surface area contributed by atoms with Crippen LogP contribution in [0.1, 0.15) is 28.9 Å². The van der Waals surface area contributed by atoms with Gasteiger partial charge in [-0.2, -0.15) is 23.4 Å². The van der Waals surface area contributed by atoms with Crippen molar-refractivity contribution in [3.05, 3.63) is 54.4 Å². The Balaban J connectivity index is 1.35. The molecule has 12 heteroatoms. The summed E-state index contributed by atoms with van der Waals surface area (Å²) in [6, 6.07) is 3.13. The van der Waals surface area contributed by atoms with Crippen LogP contribution in [0.15, 0.2) is 43.1 Å². The van der Waals surface area contributed by atoms with Crippen LogP contribution >= 0.6 is 0 Å². The number of fused-ring (bicyclic) bond motifs is 2. The highest BCUT2D eigenvalue weighted by atomic mass is 19.4. The average molecular weight is 430 g/mol. The molecule has 4 heterocycles. The van der Waals surface area contributed by atoms with Crippen molar-refractivity contribution in [3.8, 4) is 5.82 Å². The third-order valence-electron chi connectivity index (χ3n) is 5.64. The Bertz CT molecular complexity index is 1090. The smallest absolute Gasteiger partial charge is 0.364 e. The van der Waals surface area contributed by atoms with Gasteiger partial charge in [-0.15, -0.1) is 4.80 Å². The van der Waals surface area contributed by atoms with Crippen molar-refractivity contribution in [2.45, 2.75) is 31.1 Å². The van der Waals surface area contributed by atoms with E-state index in [1.807, 2.05) is 0 Å². The molecule has 1 saturated heterocycles. The van der Waals surface area contributed by atoms with Gasteiger partial charge in [-0.3, -0.25) is 4.79 Å². The molecule has 31 heavy (non-hydrogen) atoms. The van der Waals surface area contributed by atoms with Crippen molar-refractivity contribution < 1.29 is 18.0 Å². The molecular weight excluding hydrogens is 413 g/mol. The first kappa shape index (κ1) is 19.4. The molecule has 3 aromatic rings. The molecule has 9 nitrogen and oxygen atoms in total. The number of nitrogens with zero attached hydrogens (tertiary/aromatic N) is 7. The number of aromatic nitrogens is 6. The Kier molecular flexibility index (Phi) is 4.56. The van der Waals surface area contributed by atoms with Gasteiger partial charge in [0.15, 0.2) is 11.5 Å². The monoisotopic (exact) mass is 430 g/mol. The Morgan fingerprint density at radius 1 is 1.06 bits per heavy atom. The van der Waals surface area contributed by atoms with Crippen LogP contribution in [0.2, 0.25) is 0 Å². The van der Waals surface area contributed by atoms with Crippen LogP contribution in [0.5, 0.6) is 0 Å². The van der Waals surface area contributed by atoms with Crippen LogP contribution in [0.4, 0.5) is 19.0 Å². The lowest BCUT2D eigenvalue weighted by atomic mass is 10.0. The molecule has 1 aliphatic heterocycles. The lowest BCUT2D eigenvalue weighted by Gasteiger charge is -2.34. The number of likely N-dealkylation sites (tertiary alicyclic amines) is 1. The number of amides is 1. The fourth-order valence-electron chi connectivity index (χ4n) is 4.36. The zero-order valence-corrected chi connectivity index (χ0v) is 16.1. The number of carbonyl (C=O) groups excluding carboxylic acids is 1. The van der Waals surface area contributed by atoms with Gasteiger partial charge in [-0.1, -0.05) is 0 Å². The topological polar surface area (TPSA) is 102 Å². The van der Waals surface area contributed by atoms with Gasteiger partial charge >= 0.3 is 6.18 Å². The highest BCUT2D eigenvalue weighted by molar-refractivity contribution is 5.97. The lowest BCUT2D eigenvalue weighted by Crippen LogP contribution is -2.48. The molecule has 2 bridgehead atoms. The molecular formula is C19H17F3N8O. The molecule has 0 radical (unpaired) electrons. The van der Waals surface area contributed by atoms with Gasteiger partial charge in [0.1, 0.15) is 5.82 Å². The molecule has 5 rings (SSSR count). The second kappa shape index (κ2) is 7.29. The standard InChI is InChI=1S/C19H17F3N8O/c20-19(21,22)15-8-25-16(9-24-15)28-13-6-11-7-14(13)29(10-11)18(31)12-2-1-3-23-17(12)30-26-4-5-27-30/h1-5,8-9,11,13-14H,6-7,10H2,(H,25,28)/t11-,13-,14+/m1/s1. The number of halogens is 3. The summed E-state index contributed by atoms with van der Waals surface area (Å²) in [7, 11) is 0. The number of hydrogen-bond donors (Lipinski definition) is 1. The predicted octanol–water partition coefficient (Wildman–Crippen LogP) is 2.19. The second-order valence-corrected chi connectivity index (χ2v) is 7.59. The number of piperidine rings is 1. The fraction of sp³-hybridized carbons (Fsp3) is 0.368. The van der Waals surface area contributed by atoms with Crippen LogP contribution < -0.4 is 5.32 Å². The fourth-order valence-corrected chi connectivity index (χ4v) is 4.36. The van der Waals surface area contributed by atoms with Crippen LogP contribution in [0, 0.1) is 5.92 Å². The first-order valence-corrected chi connectivity index (χ1v) is 9.68. The second-order valence-electron chi connectivity index (χ2n) is 7.59. The largest absolute Gasteiger partial charge is 0.434 e. The molecule has 1 N–H and O–H groups in total. The number of alkyl halides is 3. The Morgan fingerprint density at radius 2 is 1.87 bits per heavy atom. The van der Waals surface area contributed by atoms with E-state index in [4.69, 9.17) is 0 Å². The Morgan fingerprint density at radius 3 is 2.55 bits per heavy atom. The van der Waals surface area contributed by atoms with Gasteiger partial charge in [0.25, 0.3) is 5.91 Å². The molecule has 0 aromatic carbocycles. The van der Waals surface area contributed by atoms with Crippen molar-refractivity contribution in [1.29, 1.82) is 0 Å². The summed E-state index contributed by atoms with van der Waals surface area (Å²) in [6.07, 6.45) is 3.44. The first-order valence-electron chi connectivity index (χ1n) is 9.68. The summed E-state index contributed by atoms with van der Waals surface area (Å²) in [5.74, 6) is 0.717. The minimum atomic E-state index is -4.54. The first-order chi connectivity index (χ1) is 14.9.